The Labute approximate surface area is 102 Å². The SMILES string of the molecule is CC(CCO)CNC(=O)C(N)c1ccccc1. The van der Waals surface area contributed by atoms with Crippen molar-refractivity contribution in [1.82, 2.24) is 5.32 Å². The molecule has 0 radical (unpaired) electrons. The number of nitrogens with one attached hydrogen (secondary N) is 1. The van der Waals surface area contributed by atoms with Crippen LogP contribution >= 0.6 is 0 Å². The van der Waals surface area contributed by atoms with Gasteiger partial charge in [-0.25, -0.2) is 0 Å². The van der Waals surface area contributed by atoms with Crippen LogP contribution in [-0.4, -0.2) is 24.2 Å². The number of carbonyl (C=O) groups excluding carboxylic acids is 1. The van der Waals surface area contributed by atoms with Crippen LogP contribution in [0.1, 0.15) is 24.9 Å². The third kappa shape index (κ3) is 4.54. The predicted molar refractivity (Wildman–Crippen MR) is 67.2 cm³/mol. The number of carbonyl (C=O) groups is 1. The lowest BCUT2D eigenvalue weighted by atomic mass is 10.1. The third-order valence-electron chi connectivity index (χ3n) is 2.69. The first kappa shape index (κ1) is 13.7. The van der Waals surface area contributed by atoms with Gasteiger partial charge in [-0.2, -0.15) is 0 Å². The van der Waals surface area contributed by atoms with E-state index < -0.39 is 6.04 Å². The zero-order valence-electron chi connectivity index (χ0n) is 10.1. The van der Waals surface area contributed by atoms with Crippen LogP contribution in [0.5, 0.6) is 0 Å². The number of aliphatic hydroxyl groups is 1. The minimum absolute atomic E-state index is 0.141. The Kier molecular flexibility index (Phi) is 5.66. The van der Waals surface area contributed by atoms with Gasteiger partial charge in [0, 0.05) is 13.2 Å². The van der Waals surface area contributed by atoms with Crippen LogP contribution < -0.4 is 11.1 Å². The average molecular weight is 236 g/mol. The van der Waals surface area contributed by atoms with Crippen LogP contribution in [-0.2, 0) is 4.79 Å². The highest BCUT2D eigenvalue weighted by Gasteiger charge is 2.15. The molecule has 0 spiro atoms. The van der Waals surface area contributed by atoms with Gasteiger partial charge in [0.15, 0.2) is 0 Å². The van der Waals surface area contributed by atoms with E-state index in [4.69, 9.17) is 10.8 Å². The second kappa shape index (κ2) is 7.04. The molecule has 1 aromatic carbocycles. The van der Waals surface area contributed by atoms with Crippen molar-refractivity contribution in [2.45, 2.75) is 19.4 Å². The molecule has 1 amide bonds. The number of amides is 1. The van der Waals surface area contributed by atoms with Gasteiger partial charge in [-0.15, -0.1) is 0 Å². The first-order valence-corrected chi connectivity index (χ1v) is 5.84. The molecule has 0 aliphatic carbocycles. The second-order valence-corrected chi connectivity index (χ2v) is 4.25. The summed E-state index contributed by atoms with van der Waals surface area (Å²) in [6.45, 7) is 2.66. The second-order valence-electron chi connectivity index (χ2n) is 4.25. The lowest BCUT2D eigenvalue weighted by molar-refractivity contribution is -0.122. The largest absolute Gasteiger partial charge is 0.396 e. The van der Waals surface area contributed by atoms with Gasteiger partial charge < -0.3 is 16.2 Å². The summed E-state index contributed by atoms with van der Waals surface area (Å²) in [7, 11) is 0. The molecule has 0 saturated heterocycles. The minimum Gasteiger partial charge on any atom is -0.396 e. The Morgan fingerprint density at radius 2 is 2.06 bits per heavy atom. The maximum atomic E-state index is 11.8. The molecule has 1 rings (SSSR count). The zero-order valence-corrected chi connectivity index (χ0v) is 10.1. The molecule has 2 atom stereocenters. The molecule has 0 aromatic heterocycles. The van der Waals surface area contributed by atoms with Crippen LogP contribution in [0.3, 0.4) is 0 Å². The Hall–Kier alpha value is -1.39. The normalized spacial score (nSPS) is 14.1. The van der Waals surface area contributed by atoms with Crippen LogP contribution in [0.2, 0.25) is 0 Å². The highest BCUT2D eigenvalue weighted by Crippen LogP contribution is 2.09. The van der Waals surface area contributed by atoms with Crippen molar-refractivity contribution >= 4 is 5.91 Å². The Morgan fingerprint density at radius 3 is 2.65 bits per heavy atom. The number of hydrogen-bond donors (Lipinski definition) is 3. The fourth-order valence-corrected chi connectivity index (χ4v) is 1.52. The standard InChI is InChI=1S/C13H20N2O2/c1-10(7-8-16)9-15-13(17)12(14)11-5-3-2-4-6-11/h2-6,10,12,16H,7-9,14H2,1H3,(H,15,17). The molecule has 0 fully saturated rings. The quantitative estimate of drug-likeness (QED) is 0.684. The monoisotopic (exact) mass is 236 g/mol. The van der Waals surface area contributed by atoms with Crippen molar-refractivity contribution in [1.29, 1.82) is 0 Å². The molecule has 1 aromatic rings. The Morgan fingerprint density at radius 1 is 1.41 bits per heavy atom. The van der Waals surface area contributed by atoms with Gasteiger partial charge in [-0.1, -0.05) is 37.3 Å². The molecule has 4 heteroatoms. The van der Waals surface area contributed by atoms with E-state index in [2.05, 4.69) is 5.32 Å². The van der Waals surface area contributed by atoms with Crippen LogP contribution in [0.15, 0.2) is 30.3 Å². The summed E-state index contributed by atoms with van der Waals surface area (Å²) >= 11 is 0. The highest BCUT2D eigenvalue weighted by molar-refractivity contribution is 5.82. The van der Waals surface area contributed by atoms with Crippen LogP contribution in [0, 0.1) is 5.92 Å². The van der Waals surface area contributed by atoms with Gasteiger partial charge in [0.2, 0.25) is 5.91 Å². The summed E-state index contributed by atoms with van der Waals surface area (Å²) in [4.78, 5) is 11.8. The fourth-order valence-electron chi connectivity index (χ4n) is 1.52. The van der Waals surface area contributed by atoms with E-state index in [1.54, 1.807) is 0 Å². The van der Waals surface area contributed by atoms with E-state index in [0.717, 1.165) is 5.56 Å². The van der Waals surface area contributed by atoms with Crippen molar-refractivity contribution in [3.63, 3.8) is 0 Å². The number of aliphatic hydroxyl groups excluding tert-OH is 1. The molecule has 2 unspecified atom stereocenters. The average Bonchev–Trinajstić information content (AvgIpc) is 2.36. The van der Waals surface area contributed by atoms with E-state index in [1.165, 1.54) is 0 Å². The minimum atomic E-state index is -0.627. The summed E-state index contributed by atoms with van der Waals surface area (Å²) in [5.41, 5.74) is 6.64. The summed E-state index contributed by atoms with van der Waals surface area (Å²) in [6, 6.07) is 8.64. The fraction of sp³-hybridized carbons (Fsp3) is 0.462. The molecule has 0 bridgehead atoms. The molecule has 0 heterocycles. The summed E-state index contributed by atoms with van der Waals surface area (Å²) in [5, 5.41) is 11.5. The van der Waals surface area contributed by atoms with Gasteiger partial charge in [0.25, 0.3) is 0 Å². The van der Waals surface area contributed by atoms with Gasteiger partial charge in [0.1, 0.15) is 6.04 Å². The first-order valence-electron chi connectivity index (χ1n) is 5.84. The van der Waals surface area contributed by atoms with E-state index in [-0.39, 0.29) is 18.4 Å². The molecular weight excluding hydrogens is 216 g/mol. The maximum absolute atomic E-state index is 11.8. The number of nitrogens with two attached hydrogens (primary N) is 1. The summed E-state index contributed by atoms with van der Waals surface area (Å²) in [5.74, 6) is 0.0768. The van der Waals surface area contributed by atoms with Crippen molar-refractivity contribution in [3.8, 4) is 0 Å². The first-order chi connectivity index (χ1) is 8.15. The van der Waals surface area contributed by atoms with E-state index >= 15 is 0 Å². The Balaban J connectivity index is 2.43. The molecule has 0 aliphatic rings. The van der Waals surface area contributed by atoms with Gasteiger partial charge >= 0.3 is 0 Å². The third-order valence-corrected chi connectivity index (χ3v) is 2.69. The smallest absolute Gasteiger partial charge is 0.241 e. The molecule has 4 N–H and O–H groups in total. The van der Waals surface area contributed by atoms with Crippen molar-refractivity contribution in [3.05, 3.63) is 35.9 Å². The molecule has 4 nitrogen and oxygen atoms in total. The number of rotatable bonds is 6. The van der Waals surface area contributed by atoms with Crippen LogP contribution in [0.4, 0.5) is 0 Å². The van der Waals surface area contributed by atoms with Gasteiger partial charge in [-0.3, -0.25) is 4.79 Å². The maximum Gasteiger partial charge on any atom is 0.241 e. The number of hydrogen-bond acceptors (Lipinski definition) is 3. The predicted octanol–water partition coefficient (Wildman–Crippen LogP) is 0.821. The lowest BCUT2D eigenvalue weighted by Crippen LogP contribution is -2.36. The highest BCUT2D eigenvalue weighted by atomic mass is 16.3. The summed E-state index contributed by atoms with van der Waals surface area (Å²) in [6.07, 6.45) is 0.681. The van der Waals surface area contributed by atoms with E-state index in [1.807, 2.05) is 37.3 Å². The summed E-state index contributed by atoms with van der Waals surface area (Å²) < 4.78 is 0. The van der Waals surface area contributed by atoms with E-state index in [0.29, 0.717) is 13.0 Å². The van der Waals surface area contributed by atoms with Crippen molar-refractivity contribution in [2.75, 3.05) is 13.2 Å². The van der Waals surface area contributed by atoms with Crippen LogP contribution in [0.25, 0.3) is 0 Å². The molecular formula is C13H20N2O2. The van der Waals surface area contributed by atoms with Gasteiger partial charge in [0.05, 0.1) is 0 Å². The lowest BCUT2D eigenvalue weighted by Gasteiger charge is -2.15. The van der Waals surface area contributed by atoms with Crippen molar-refractivity contribution < 1.29 is 9.90 Å². The van der Waals surface area contributed by atoms with Crippen molar-refractivity contribution in [2.24, 2.45) is 11.7 Å². The molecule has 0 saturated carbocycles. The topological polar surface area (TPSA) is 75.3 Å². The molecule has 94 valence electrons. The molecule has 0 aliphatic heterocycles. The van der Waals surface area contributed by atoms with E-state index in [9.17, 15) is 4.79 Å². The Bertz CT molecular complexity index is 341. The zero-order chi connectivity index (χ0) is 12.7. The number of benzene rings is 1. The van der Waals surface area contributed by atoms with Gasteiger partial charge in [-0.05, 0) is 17.9 Å². The molecule has 17 heavy (non-hydrogen) atoms.